The van der Waals surface area contributed by atoms with Gasteiger partial charge in [-0.2, -0.15) is 10.4 Å². The summed E-state index contributed by atoms with van der Waals surface area (Å²) in [6.07, 6.45) is 7.79. The molecular weight excluding hydrogens is 304 g/mol. The quantitative estimate of drug-likeness (QED) is 0.625. The number of unbranched alkanes of at least 4 members (excludes halogenated alkanes) is 2. The van der Waals surface area contributed by atoms with E-state index >= 15 is 0 Å². The van der Waals surface area contributed by atoms with Gasteiger partial charge in [-0.1, -0.05) is 0 Å². The van der Waals surface area contributed by atoms with Gasteiger partial charge < -0.3 is 5.32 Å². The van der Waals surface area contributed by atoms with E-state index in [2.05, 4.69) is 16.5 Å². The number of amides is 1. The van der Waals surface area contributed by atoms with Gasteiger partial charge in [0.1, 0.15) is 0 Å². The second-order valence-electron chi connectivity index (χ2n) is 4.38. The first kappa shape index (κ1) is 15.6. The van der Waals surface area contributed by atoms with E-state index in [0.29, 0.717) is 17.0 Å². The fourth-order valence-electron chi connectivity index (χ4n) is 1.77. The van der Waals surface area contributed by atoms with Crippen LogP contribution in [0, 0.1) is 11.3 Å². The van der Waals surface area contributed by atoms with Gasteiger partial charge in [0, 0.05) is 19.2 Å². The summed E-state index contributed by atoms with van der Waals surface area (Å²) in [6.45, 7) is 0.757. The predicted octanol–water partition coefficient (Wildman–Crippen LogP) is 3.61. The van der Waals surface area contributed by atoms with Crippen LogP contribution in [0.2, 0.25) is 0 Å². The van der Waals surface area contributed by atoms with Crippen LogP contribution in [0.4, 0.5) is 5.69 Å². The van der Waals surface area contributed by atoms with Gasteiger partial charge >= 0.3 is 0 Å². The molecule has 2 aromatic heterocycles. The van der Waals surface area contributed by atoms with Crippen molar-refractivity contribution >= 4 is 34.7 Å². The van der Waals surface area contributed by atoms with Crippen LogP contribution in [0.3, 0.4) is 0 Å². The number of hydrogen-bond donors (Lipinski definition) is 1. The largest absolute Gasteiger partial charge is 0.319 e. The third-order valence-corrected chi connectivity index (χ3v) is 4.99. The van der Waals surface area contributed by atoms with Crippen molar-refractivity contribution in [2.75, 3.05) is 11.6 Å². The summed E-state index contributed by atoms with van der Waals surface area (Å²) in [4.78, 5) is 12.8. The van der Waals surface area contributed by atoms with Crippen molar-refractivity contribution in [1.82, 2.24) is 9.78 Å². The molecule has 7 heteroatoms. The molecule has 5 nitrogen and oxygen atoms in total. The van der Waals surface area contributed by atoms with E-state index in [0.717, 1.165) is 23.6 Å². The lowest BCUT2D eigenvalue weighted by Gasteiger charge is -2.00. The van der Waals surface area contributed by atoms with Crippen LogP contribution in [0.1, 0.15) is 28.9 Å². The van der Waals surface area contributed by atoms with Crippen molar-refractivity contribution in [2.24, 2.45) is 0 Å². The molecule has 0 fully saturated rings. The summed E-state index contributed by atoms with van der Waals surface area (Å²) in [5.74, 6) is -0.107. The average molecular weight is 320 g/mol. The molecule has 0 radical (unpaired) electrons. The predicted molar refractivity (Wildman–Crippen MR) is 85.7 cm³/mol. The minimum atomic E-state index is -0.107. The van der Waals surface area contributed by atoms with E-state index < -0.39 is 0 Å². The first-order chi connectivity index (χ1) is 10.2. The first-order valence-corrected chi connectivity index (χ1v) is 8.61. The Morgan fingerprint density at radius 2 is 2.38 bits per heavy atom. The van der Waals surface area contributed by atoms with Crippen LogP contribution >= 0.6 is 23.1 Å². The second kappa shape index (κ2) is 7.86. The number of thiophene rings is 1. The highest BCUT2D eigenvalue weighted by Gasteiger charge is 2.10. The van der Waals surface area contributed by atoms with E-state index in [-0.39, 0.29) is 5.91 Å². The van der Waals surface area contributed by atoms with Crippen molar-refractivity contribution in [1.29, 1.82) is 5.26 Å². The Balaban J connectivity index is 1.87. The maximum atomic E-state index is 12.1. The molecule has 0 atom stereocenters. The zero-order valence-corrected chi connectivity index (χ0v) is 13.3. The number of anilines is 1. The van der Waals surface area contributed by atoms with Crippen LogP contribution in [-0.2, 0) is 6.54 Å². The molecule has 1 amide bonds. The van der Waals surface area contributed by atoms with Crippen LogP contribution in [0.15, 0.2) is 28.7 Å². The molecule has 21 heavy (non-hydrogen) atoms. The van der Waals surface area contributed by atoms with E-state index in [1.165, 1.54) is 11.3 Å². The standard InChI is InChI=1S/C14H16N4OS2/c1-20-13-6-5-12(21-13)14(19)17-11-9-16-18(10-11)8-4-2-3-7-15/h5-6,9-10H,2-4,8H2,1H3,(H,17,19). The lowest BCUT2D eigenvalue weighted by molar-refractivity contribution is 0.103. The normalized spacial score (nSPS) is 10.3. The number of aryl methyl sites for hydroxylation is 1. The number of aromatic nitrogens is 2. The molecule has 0 aromatic carbocycles. The van der Waals surface area contributed by atoms with Crippen molar-refractivity contribution in [2.45, 2.75) is 30.0 Å². The Kier molecular flexibility index (Phi) is 5.84. The average Bonchev–Trinajstić information content (AvgIpc) is 3.12. The van der Waals surface area contributed by atoms with Crippen molar-refractivity contribution in [3.63, 3.8) is 0 Å². The second-order valence-corrected chi connectivity index (χ2v) is 6.57. The van der Waals surface area contributed by atoms with Crippen LogP contribution in [-0.4, -0.2) is 21.9 Å². The summed E-state index contributed by atoms with van der Waals surface area (Å²) in [6, 6.07) is 5.90. The lowest BCUT2D eigenvalue weighted by Crippen LogP contribution is -2.09. The van der Waals surface area contributed by atoms with E-state index in [4.69, 9.17) is 5.26 Å². The van der Waals surface area contributed by atoms with Crippen molar-refractivity contribution in [3.8, 4) is 6.07 Å². The molecule has 1 N–H and O–H groups in total. The Bertz CT molecular complexity index is 641. The van der Waals surface area contributed by atoms with Crippen molar-refractivity contribution < 1.29 is 4.79 Å². The summed E-state index contributed by atoms with van der Waals surface area (Å²) < 4.78 is 2.91. The molecule has 0 aliphatic heterocycles. The molecular formula is C14H16N4OS2. The molecule has 2 aromatic rings. The molecule has 110 valence electrons. The van der Waals surface area contributed by atoms with Gasteiger partial charge in [-0.05, 0) is 31.2 Å². The van der Waals surface area contributed by atoms with Crippen LogP contribution in [0.5, 0.6) is 0 Å². The Morgan fingerprint density at radius 3 is 3.10 bits per heavy atom. The first-order valence-electron chi connectivity index (χ1n) is 6.57. The van der Waals surface area contributed by atoms with Gasteiger partial charge in [-0.3, -0.25) is 9.48 Å². The maximum Gasteiger partial charge on any atom is 0.265 e. The van der Waals surface area contributed by atoms with Gasteiger partial charge in [-0.15, -0.1) is 23.1 Å². The number of nitrogens with one attached hydrogen (secondary N) is 1. The number of nitrogens with zero attached hydrogens (tertiary/aromatic N) is 3. The van der Waals surface area contributed by atoms with E-state index in [1.807, 2.05) is 24.6 Å². The number of thioether (sulfide) groups is 1. The molecule has 0 aliphatic rings. The van der Waals surface area contributed by atoms with E-state index in [1.54, 1.807) is 22.6 Å². The Labute approximate surface area is 132 Å². The highest BCUT2D eigenvalue weighted by molar-refractivity contribution is 8.00. The number of carbonyl (C=O) groups excluding carboxylic acids is 1. The van der Waals surface area contributed by atoms with Crippen molar-refractivity contribution in [3.05, 3.63) is 29.4 Å². The van der Waals surface area contributed by atoms with Crippen LogP contribution in [0.25, 0.3) is 0 Å². The highest BCUT2D eigenvalue weighted by Crippen LogP contribution is 2.25. The molecule has 0 unspecified atom stereocenters. The molecule has 0 saturated heterocycles. The Morgan fingerprint density at radius 1 is 1.52 bits per heavy atom. The third kappa shape index (κ3) is 4.62. The summed E-state index contributed by atoms with van der Waals surface area (Å²) in [7, 11) is 0. The van der Waals surface area contributed by atoms with Crippen LogP contribution < -0.4 is 5.32 Å². The fourth-order valence-corrected chi connectivity index (χ4v) is 3.21. The summed E-state index contributed by atoms with van der Waals surface area (Å²) >= 11 is 3.11. The lowest BCUT2D eigenvalue weighted by atomic mass is 10.2. The van der Waals surface area contributed by atoms with Gasteiger partial charge in [0.15, 0.2) is 0 Å². The molecule has 2 rings (SSSR count). The topological polar surface area (TPSA) is 70.7 Å². The van der Waals surface area contributed by atoms with Gasteiger partial charge in [0.05, 0.1) is 27.0 Å². The summed E-state index contributed by atoms with van der Waals surface area (Å²) in [5.41, 5.74) is 0.694. The minimum Gasteiger partial charge on any atom is -0.319 e. The molecule has 0 saturated carbocycles. The SMILES string of the molecule is CSc1ccc(C(=O)Nc2cnn(CCCCC#N)c2)s1. The third-order valence-electron chi connectivity index (χ3n) is 2.82. The number of carbonyl (C=O) groups is 1. The Hall–Kier alpha value is -1.78. The summed E-state index contributed by atoms with van der Waals surface area (Å²) in [5, 5.41) is 15.5. The molecule has 0 spiro atoms. The smallest absolute Gasteiger partial charge is 0.265 e. The minimum absolute atomic E-state index is 0.107. The number of nitriles is 1. The highest BCUT2D eigenvalue weighted by atomic mass is 32.2. The number of rotatable bonds is 7. The molecule has 0 bridgehead atoms. The van der Waals surface area contributed by atoms with E-state index in [9.17, 15) is 4.79 Å². The molecule has 0 aliphatic carbocycles. The zero-order chi connectivity index (χ0) is 15.1. The van der Waals surface area contributed by atoms with Gasteiger partial charge in [-0.25, -0.2) is 0 Å². The fraction of sp³-hybridized carbons (Fsp3) is 0.357. The maximum absolute atomic E-state index is 12.1. The molecule has 2 heterocycles. The van der Waals surface area contributed by atoms with Gasteiger partial charge in [0.25, 0.3) is 5.91 Å². The number of hydrogen-bond acceptors (Lipinski definition) is 5. The van der Waals surface area contributed by atoms with Gasteiger partial charge in [0.2, 0.25) is 0 Å². The zero-order valence-electron chi connectivity index (χ0n) is 11.7. The monoisotopic (exact) mass is 320 g/mol.